The molecule has 106 valence electrons. The van der Waals surface area contributed by atoms with E-state index in [1.165, 1.54) is 45.1 Å². The Morgan fingerprint density at radius 3 is 2.28 bits per heavy atom. The molecule has 1 heteroatoms. The van der Waals surface area contributed by atoms with Gasteiger partial charge in [0.15, 0.2) is 0 Å². The lowest BCUT2D eigenvalue weighted by Gasteiger charge is -2.53. The summed E-state index contributed by atoms with van der Waals surface area (Å²) in [7, 11) is 2.30. The van der Waals surface area contributed by atoms with Gasteiger partial charge in [-0.1, -0.05) is 27.2 Å². The molecule has 0 aromatic rings. The van der Waals surface area contributed by atoms with E-state index < -0.39 is 0 Å². The van der Waals surface area contributed by atoms with E-state index in [4.69, 9.17) is 0 Å². The van der Waals surface area contributed by atoms with E-state index in [9.17, 15) is 0 Å². The second-order valence-electron chi connectivity index (χ2n) is 7.33. The topological polar surface area (TPSA) is 3.24 Å². The minimum Gasteiger partial charge on any atom is -0.304 e. The van der Waals surface area contributed by atoms with Crippen molar-refractivity contribution in [2.75, 3.05) is 13.6 Å². The van der Waals surface area contributed by atoms with E-state index in [0.29, 0.717) is 0 Å². The molecule has 0 bridgehead atoms. The molecule has 1 spiro atoms. The zero-order chi connectivity index (χ0) is 13.2. The first kappa shape index (κ1) is 14.4. The summed E-state index contributed by atoms with van der Waals surface area (Å²) in [5.41, 5.74) is 0.795. The van der Waals surface area contributed by atoms with E-state index in [2.05, 4.69) is 32.7 Å². The molecule has 0 unspecified atom stereocenters. The van der Waals surface area contributed by atoms with Crippen LogP contribution >= 0.6 is 0 Å². The molecule has 2 rings (SSSR count). The van der Waals surface area contributed by atoms with E-state index in [1.807, 2.05) is 0 Å². The van der Waals surface area contributed by atoms with Crippen molar-refractivity contribution in [2.24, 2.45) is 17.3 Å². The smallest absolute Gasteiger partial charge is 0.00925 e. The van der Waals surface area contributed by atoms with Crippen molar-refractivity contribution >= 4 is 0 Å². The minimum absolute atomic E-state index is 0.795. The molecule has 1 atom stereocenters. The van der Waals surface area contributed by atoms with E-state index in [1.54, 1.807) is 12.8 Å². The summed E-state index contributed by atoms with van der Waals surface area (Å²) in [6.45, 7) is 8.27. The molecule has 2 saturated carbocycles. The first-order chi connectivity index (χ1) is 8.58. The zero-order valence-corrected chi connectivity index (χ0v) is 13.0. The molecule has 0 radical (unpaired) electrons. The van der Waals surface area contributed by atoms with Crippen LogP contribution in [-0.4, -0.2) is 24.5 Å². The van der Waals surface area contributed by atoms with Crippen LogP contribution in [0.1, 0.15) is 72.1 Å². The maximum absolute atomic E-state index is 2.56. The van der Waals surface area contributed by atoms with E-state index in [0.717, 1.165) is 23.3 Å². The average Bonchev–Trinajstić information content (AvgIpc) is 2.36. The first-order valence-electron chi connectivity index (χ1n) is 8.29. The van der Waals surface area contributed by atoms with Gasteiger partial charge >= 0.3 is 0 Å². The highest BCUT2D eigenvalue weighted by Gasteiger charge is 2.46. The van der Waals surface area contributed by atoms with Crippen LogP contribution in [0.4, 0.5) is 0 Å². The quantitative estimate of drug-likeness (QED) is 0.684. The van der Waals surface area contributed by atoms with Crippen LogP contribution in [0.3, 0.4) is 0 Å². The molecule has 0 saturated heterocycles. The zero-order valence-electron chi connectivity index (χ0n) is 13.0. The van der Waals surface area contributed by atoms with Gasteiger partial charge in [0.25, 0.3) is 0 Å². The van der Waals surface area contributed by atoms with Crippen LogP contribution in [0.2, 0.25) is 0 Å². The van der Waals surface area contributed by atoms with Gasteiger partial charge in [0.1, 0.15) is 0 Å². The molecule has 0 N–H and O–H groups in total. The van der Waals surface area contributed by atoms with Crippen molar-refractivity contribution in [2.45, 2.75) is 78.2 Å². The molecular weight excluding hydrogens is 218 g/mol. The van der Waals surface area contributed by atoms with E-state index in [-0.39, 0.29) is 0 Å². The summed E-state index contributed by atoms with van der Waals surface area (Å²) in [6, 6.07) is 0.884. The van der Waals surface area contributed by atoms with Crippen LogP contribution in [0.15, 0.2) is 0 Å². The molecular formula is C17H33N. The molecule has 18 heavy (non-hydrogen) atoms. The Kier molecular flexibility index (Phi) is 4.75. The van der Waals surface area contributed by atoms with Crippen LogP contribution in [-0.2, 0) is 0 Å². The predicted molar refractivity (Wildman–Crippen MR) is 79.8 cm³/mol. The second kappa shape index (κ2) is 5.94. The Hall–Kier alpha value is -0.0400. The van der Waals surface area contributed by atoms with Crippen LogP contribution in [0.5, 0.6) is 0 Å². The van der Waals surface area contributed by atoms with E-state index >= 15 is 0 Å². The summed E-state index contributed by atoms with van der Waals surface area (Å²) >= 11 is 0. The van der Waals surface area contributed by atoms with Gasteiger partial charge < -0.3 is 4.90 Å². The Morgan fingerprint density at radius 2 is 1.78 bits per heavy atom. The molecule has 0 aliphatic heterocycles. The summed E-state index contributed by atoms with van der Waals surface area (Å²) in [5, 5.41) is 0. The fourth-order valence-electron chi connectivity index (χ4n) is 4.39. The summed E-state index contributed by atoms with van der Waals surface area (Å²) in [5.74, 6) is 2.02. The number of hydrogen-bond acceptors (Lipinski definition) is 1. The van der Waals surface area contributed by atoms with Gasteiger partial charge in [0.2, 0.25) is 0 Å². The van der Waals surface area contributed by atoms with Crippen LogP contribution in [0, 0.1) is 17.3 Å². The Labute approximate surface area is 114 Å². The lowest BCUT2D eigenvalue weighted by molar-refractivity contribution is -0.0166. The SMILES string of the molecule is CC[C@H](C)CC1CC2(CCC(N(C)CC)CC2)C1. The van der Waals surface area contributed by atoms with Gasteiger partial charge in [-0.15, -0.1) is 0 Å². The lowest BCUT2D eigenvalue weighted by atomic mass is 9.54. The van der Waals surface area contributed by atoms with Crippen molar-refractivity contribution in [3.8, 4) is 0 Å². The molecule has 2 aliphatic rings. The fraction of sp³-hybridized carbons (Fsp3) is 1.00. The Bertz CT molecular complexity index is 237. The van der Waals surface area contributed by atoms with Gasteiger partial charge in [-0.05, 0) is 75.8 Å². The maximum Gasteiger partial charge on any atom is 0.00925 e. The van der Waals surface area contributed by atoms with Gasteiger partial charge in [0.05, 0.1) is 0 Å². The van der Waals surface area contributed by atoms with Crippen molar-refractivity contribution in [1.29, 1.82) is 0 Å². The average molecular weight is 251 g/mol. The van der Waals surface area contributed by atoms with Gasteiger partial charge in [-0.25, -0.2) is 0 Å². The van der Waals surface area contributed by atoms with Crippen LogP contribution in [0.25, 0.3) is 0 Å². The van der Waals surface area contributed by atoms with Crippen molar-refractivity contribution in [3.05, 3.63) is 0 Å². The normalized spacial score (nSPS) is 37.8. The molecule has 2 fully saturated rings. The summed E-state index contributed by atoms with van der Waals surface area (Å²) in [4.78, 5) is 2.56. The Balaban J connectivity index is 1.72. The van der Waals surface area contributed by atoms with Crippen molar-refractivity contribution in [1.82, 2.24) is 4.90 Å². The first-order valence-corrected chi connectivity index (χ1v) is 8.29. The van der Waals surface area contributed by atoms with Crippen molar-refractivity contribution < 1.29 is 0 Å². The predicted octanol–water partition coefficient (Wildman–Crippen LogP) is 4.71. The fourth-order valence-corrected chi connectivity index (χ4v) is 4.39. The molecule has 0 aromatic carbocycles. The summed E-state index contributed by atoms with van der Waals surface area (Å²) < 4.78 is 0. The van der Waals surface area contributed by atoms with Gasteiger partial charge in [0, 0.05) is 6.04 Å². The lowest BCUT2D eigenvalue weighted by Crippen LogP contribution is -2.45. The second-order valence-corrected chi connectivity index (χ2v) is 7.33. The highest BCUT2D eigenvalue weighted by molar-refractivity contribution is 4.98. The third-order valence-electron chi connectivity index (χ3n) is 6.01. The largest absolute Gasteiger partial charge is 0.304 e. The molecule has 0 amide bonds. The number of nitrogens with zero attached hydrogens (tertiary/aromatic N) is 1. The highest BCUT2D eigenvalue weighted by atomic mass is 15.1. The maximum atomic E-state index is 2.56. The van der Waals surface area contributed by atoms with Crippen molar-refractivity contribution in [3.63, 3.8) is 0 Å². The monoisotopic (exact) mass is 251 g/mol. The molecule has 1 nitrogen and oxygen atoms in total. The minimum atomic E-state index is 0.795. The molecule has 0 heterocycles. The number of rotatable bonds is 5. The number of hydrogen-bond donors (Lipinski definition) is 0. The standard InChI is InChI=1S/C17H33N/c1-5-14(3)11-15-12-17(13-15)9-7-16(8-10-17)18(4)6-2/h14-16H,5-13H2,1-4H3/t14-,15?,16?,17?/m0/s1. The molecule has 0 aromatic heterocycles. The summed E-state index contributed by atoms with van der Waals surface area (Å²) in [6.07, 6.45) is 11.9. The highest BCUT2D eigenvalue weighted by Crippen LogP contribution is 2.56. The van der Waals surface area contributed by atoms with Gasteiger partial charge in [-0.2, -0.15) is 0 Å². The van der Waals surface area contributed by atoms with Crippen LogP contribution < -0.4 is 0 Å². The Morgan fingerprint density at radius 1 is 1.17 bits per heavy atom. The third kappa shape index (κ3) is 3.10. The molecule has 2 aliphatic carbocycles. The van der Waals surface area contributed by atoms with Gasteiger partial charge in [-0.3, -0.25) is 0 Å². The third-order valence-corrected chi connectivity index (χ3v) is 6.01.